The molecule has 0 spiro atoms. The molecule has 0 aromatic rings. The number of halogens is 1. The largest absolute Gasteiger partial charge is 0.368 e. The van der Waals surface area contributed by atoms with Gasteiger partial charge in [-0.1, -0.05) is 6.92 Å². The summed E-state index contributed by atoms with van der Waals surface area (Å²) in [5.74, 6) is -0.665. The summed E-state index contributed by atoms with van der Waals surface area (Å²) in [6.07, 6.45) is 0. The van der Waals surface area contributed by atoms with Gasteiger partial charge in [-0.2, -0.15) is 0 Å². The zero-order valence-corrected chi connectivity index (χ0v) is 9.54. The standard InChI is InChI=1S/C9H17ClN2O2/c1-6(2)12(5-8(11)13)9(14)7(3)4-10/h6-7H,4-5H2,1-3H3,(H2,11,13). The quantitative estimate of drug-likeness (QED) is 0.689. The maximum Gasteiger partial charge on any atom is 0.237 e. The Morgan fingerprint density at radius 3 is 2.14 bits per heavy atom. The maximum atomic E-state index is 11.7. The van der Waals surface area contributed by atoms with E-state index in [9.17, 15) is 9.59 Å². The van der Waals surface area contributed by atoms with E-state index in [0.29, 0.717) is 0 Å². The number of amides is 2. The number of alkyl halides is 1. The molecule has 0 bridgehead atoms. The molecule has 0 aromatic carbocycles. The summed E-state index contributed by atoms with van der Waals surface area (Å²) in [6.45, 7) is 5.35. The predicted molar refractivity (Wildman–Crippen MR) is 55.9 cm³/mol. The summed E-state index contributed by atoms with van der Waals surface area (Å²) in [5, 5.41) is 0. The van der Waals surface area contributed by atoms with Crippen LogP contribution >= 0.6 is 11.6 Å². The first kappa shape index (κ1) is 13.2. The predicted octanol–water partition coefficient (Wildman–Crippen LogP) is 0.584. The summed E-state index contributed by atoms with van der Waals surface area (Å²) in [7, 11) is 0. The van der Waals surface area contributed by atoms with E-state index in [2.05, 4.69) is 0 Å². The third-order valence-corrected chi connectivity index (χ3v) is 2.35. The molecule has 0 aromatic heterocycles. The molecule has 0 fully saturated rings. The van der Waals surface area contributed by atoms with Crippen molar-refractivity contribution in [1.82, 2.24) is 4.90 Å². The molecule has 2 N–H and O–H groups in total. The van der Waals surface area contributed by atoms with Crippen LogP contribution in [0.1, 0.15) is 20.8 Å². The van der Waals surface area contributed by atoms with Crippen LogP contribution in [-0.4, -0.2) is 35.2 Å². The zero-order valence-electron chi connectivity index (χ0n) is 8.79. The van der Waals surface area contributed by atoms with Crippen LogP contribution in [0.15, 0.2) is 0 Å². The van der Waals surface area contributed by atoms with E-state index in [1.165, 1.54) is 4.90 Å². The molecule has 1 unspecified atom stereocenters. The first-order chi connectivity index (χ1) is 6.40. The van der Waals surface area contributed by atoms with Crippen molar-refractivity contribution >= 4 is 23.4 Å². The molecule has 4 nitrogen and oxygen atoms in total. The minimum absolute atomic E-state index is 0.0410. The number of primary amides is 1. The molecule has 0 saturated carbocycles. The lowest BCUT2D eigenvalue weighted by Gasteiger charge is -2.27. The fourth-order valence-electron chi connectivity index (χ4n) is 1.03. The Bertz CT molecular complexity index is 219. The van der Waals surface area contributed by atoms with Crippen molar-refractivity contribution in [2.24, 2.45) is 11.7 Å². The molecule has 0 saturated heterocycles. The van der Waals surface area contributed by atoms with E-state index in [-0.39, 0.29) is 30.3 Å². The molecule has 82 valence electrons. The van der Waals surface area contributed by atoms with Crippen LogP contribution in [0.3, 0.4) is 0 Å². The molecule has 0 aliphatic rings. The van der Waals surface area contributed by atoms with Crippen molar-refractivity contribution in [3.63, 3.8) is 0 Å². The monoisotopic (exact) mass is 220 g/mol. The Hall–Kier alpha value is -0.770. The van der Waals surface area contributed by atoms with Crippen LogP contribution in [0.4, 0.5) is 0 Å². The Balaban J connectivity index is 4.49. The topological polar surface area (TPSA) is 63.4 Å². The van der Waals surface area contributed by atoms with Gasteiger partial charge in [0.05, 0.1) is 6.54 Å². The van der Waals surface area contributed by atoms with Crippen LogP contribution in [0, 0.1) is 5.92 Å². The minimum atomic E-state index is -0.506. The summed E-state index contributed by atoms with van der Waals surface area (Å²) < 4.78 is 0. The molecular weight excluding hydrogens is 204 g/mol. The number of carbonyl (C=O) groups excluding carboxylic acids is 2. The van der Waals surface area contributed by atoms with Crippen LogP contribution in [0.5, 0.6) is 0 Å². The Labute approximate surface area is 89.4 Å². The van der Waals surface area contributed by atoms with E-state index < -0.39 is 5.91 Å². The molecule has 1 atom stereocenters. The molecule has 0 aliphatic heterocycles. The highest BCUT2D eigenvalue weighted by atomic mass is 35.5. The highest BCUT2D eigenvalue weighted by Crippen LogP contribution is 2.07. The van der Waals surface area contributed by atoms with Crippen LogP contribution < -0.4 is 5.73 Å². The first-order valence-electron chi connectivity index (χ1n) is 4.54. The number of rotatable bonds is 5. The van der Waals surface area contributed by atoms with E-state index in [4.69, 9.17) is 17.3 Å². The first-order valence-corrected chi connectivity index (χ1v) is 5.08. The number of carbonyl (C=O) groups is 2. The van der Waals surface area contributed by atoms with Crippen molar-refractivity contribution in [3.8, 4) is 0 Å². The molecule has 0 radical (unpaired) electrons. The molecule has 2 amide bonds. The lowest BCUT2D eigenvalue weighted by molar-refractivity contribution is -0.139. The average Bonchev–Trinajstić information content (AvgIpc) is 2.11. The number of nitrogens with two attached hydrogens (primary N) is 1. The molecule has 14 heavy (non-hydrogen) atoms. The normalized spacial score (nSPS) is 12.6. The lowest BCUT2D eigenvalue weighted by Crippen LogP contribution is -2.45. The van der Waals surface area contributed by atoms with Crippen molar-refractivity contribution in [1.29, 1.82) is 0 Å². The van der Waals surface area contributed by atoms with Gasteiger partial charge >= 0.3 is 0 Å². The van der Waals surface area contributed by atoms with Gasteiger partial charge in [0.1, 0.15) is 0 Å². The van der Waals surface area contributed by atoms with Crippen molar-refractivity contribution < 1.29 is 9.59 Å². The SMILES string of the molecule is CC(CCl)C(=O)N(CC(N)=O)C(C)C. The Kier molecular flexibility index (Phi) is 5.53. The second kappa shape index (κ2) is 5.86. The molecule has 0 heterocycles. The highest BCUT2D eigenvalue weighted by molar-refractivity contribution is 6.19. The Morgan fingerprint density at radius 1 is 1.36 bits per heavy atom. The van der Waals surface area contributed by atoms with E-state index in [1.807, 2.05) is 13.8 Å². The summed E-state index contributed by atoms with van der Waals surface area (Å²) in [4.78, 5) is 23.8. The minimum Gasteiger partial charge on any atom is -0.368 e. The Morgan fingerprint density at radius 2 is 1.86 bits per heavy atom. The smallest absolute Gasteiger partial charge is 0.237 e. The third kappa shape index (κ3) is 3.96. The van der Waals surface area contributed by atoms with E-state index >= 15 is 0 Å². The number of hydrogen-bond donors (Lipinski definition) is 1. The third-order valence-electron chi connectivity index (χ3n) is 1.89. The second-order valence-corrected chi connectivity index (χ2v) is 3.89. The number of nitrogens with zero attached hydrogens (tertiary/aromatic N) is 1. The zero-order chi connectivity index (χ0) is 11.3. The summed E-state index contributed by atoms with van der Waals surface area (Å²) >= 11 is 5.57. The fourth-order valence-corrected chi connectivity index (χ4v) is 1.16. The van der Waals surface area contributed by atoms with Crippen LogP contribution in [0.2, 0.25) is 0 Å². The van der Waals surface area contributed by atoms with Gasteiger partial charge in [-0.05, 0) is 13.8 Å². The molecule has 0 aliphatic carbocycles. The van der Waals surface area contributed by atoms with Gasteiger partial charge in [0.15, 0.2) is 0 Å². The average molecular weight is 221 g/mol. The van der Waals surface area contributed by atoms with Gasteiger partial charge in [-0.15, -0.1) is 11.6 Å². The fraction of sp³-hybridized carbons (Fsp3) is 0.778. The van der Waals surface area contributed by atoms with Crippen LogP contribution in [0.25, 0.3) is 0 Å². The van der Waals surface area contributed by atoms with Gasteiger partial charge in [0, 0.05) is 17.8 Å². The summed E-state index contributed by atoms with van der Waals surface area (Å²) in [5.41, 5.74) is 5.04. The summed E-state index contributed by atoms with van der Waals surface area (Å²) in [6, 6.07) is -0.0410. The van der Waals surface area contributed by atoms with Crippen LogP contribution in [-0.2, 0) is 9.59 Å². The highest BCUT2D eigenvalue weighted by Gasteiger charge is 2.23. The van der Waals surface area contributed by atoms with Crippen molar-refractivity contribution in [2.45, 2.75) is 26.8 Å². The number of hydrogen-bond acceptors (Lipinski definition) is 2. The molecule has 0 rings (SSSR count). The maximum absolute atomic E-state index is 11.7. The lowest BCUT2D eigenvalue weighted by atomic mass is 10.1. The van der Waals surface area contributed by atoms with Gasteiger partial charge < -0.3 is 10.6 Å². The van der Waals surface area contributed by atoms with E-state index in [0.717, 1.165) is 0 Å². The molecular formula is C9H17ClN2O2. The van der Waals surface area contributed by atoms with Gasteiger partial charge in [-0.25, -0.2) is 0 Å². The van der Waals surface area contributed by atoms with Gasteiger partial charge in [0.25, 0.3) is 0 Å². The van der Waals surface area contributed by atoms with Crippen molar-refractivity contribution in [2.75, 3.05) is 12.4 Å². The van der Waals surface area contributed by atoms with Crippen molar-refractivity contribution in [3.05, 3.63) is 0 Å². The van der Waals surface area contributed by atoms with E-state index in [1.54, 1.807) is 6.92 Å². The second-order valence-electron chi connectivity index (χ2n) is 3.58. The molecule has 5 heteroatoms. The van der Waals surface area contributed by atoms with Gasteiger partial charge in [-0.3, -0.25) is 9.59 Å². The van der Waals surface area contributed by atoms with Gasteiger partial charge in [0.2, 0.25) is 11.8 Å².